The summed E-state index contributed by atoms with van der Waals surface area (Å²) in [4.78, 5) is 0. The van der Waals surface area contributed by atoms with E-state index in [4.69, 9.17) is 4.42 Å². The SMILES string of the molecule is c1ccc(-c2cccc(-n3c4ccccc4c4cc(-c5cccc6oc7ccc(-c8ccc9c(c8)c8cc(-c%10ccc%11c%12ccccc%12n(-c%12cccc(-c%13ccccc%13)c%12)c%11c%10)ccc8n9-c8ccccc8)cc7c56)ccc43)c2)cc1. The second kappa shape index (κ2) is 18.3. The Kier molecular flexibility index (Phi) is 10.3. The molecule has 0 aliphatic rings. The number of aromatic nitrogens is 3. The average molecular weight is 1040 g/mol. The highest BCUT2D eigenvalue weighted by Gasteiger charge is 2.21. The van der Waals surface area contributed by atoms with Gasteiger partial charge in [0.25, 0.3) is 0 Å². The summed E-state index contributed by atoms with van der Waals surface area (Å²) in [6.45, 7) is 0. The predicted octanol–water partition coefficient (Wildman–Crippen LogP) is 21.2. The quantitative estimate of drug-likeness (QED) is 0.149. The molecule has 0 atom stereocenters. The van der Waals surface area contributed by atoms with Crippen LogP contribution in [0, 0.1) is 0 Å². The van der Waals surface area contributed by atoms with Crippen LogP contribution in [0.2, 0.25) is 0 Å². The largest absolute Gasteiger partial charge is 0.456 e. The van der Waals surface area contributed by atoms with Gasteiger partial charge in [0, 0.05) is 60.2 Å². The lowest BCUT2D eigenvalue weighted by molar-refractivity contribution is 0.669. The summed E-state index contributed by atoms with van der Waals surface area (Å²) in [7, 11) is 0. The molecule has 0 bridgehead atoms. The number of para-hydroxylation sites is 3. The molecule has 0 saturated carbocycles. The molecule has 4 aromatic heterocycles. The number of fused-ring (bicyclic) bond motifs is 12. The molecule has 0 unspecified atom stereocenters. The van der Waals surface area contributed by atoms with Crippen molar-refractivity contribution in [2.24, 2.45) is 0 Å². The summed E-state index contributed by atoms with van der Waals surface area (Å²) >= 11 is 0. The topological polar surface area (TPSA) is 27.9 Å². The molecule has 0 amide bonds. The van der Waals surface area contributed by atoms with E-state index in [0.717, 1.165) is 72.3 Å². The predicted molar refractivity (Wildman–Crippen MR) is 344 cm³/mol. The van der Waals surface area contributed by atoms with Gasteiger partial charge in [-0.2, -0.15) is 0 Å². The Morgan fingerprint density at radius 2 is 0.585 bits per heavy atom. The van der Waals surface area contributed by atoms with E-state index in [1.54, 1.807) is 0 Å². The molecule has 0 N–H and O–H groups in total. The molecule has 382 valence electrons. The first-order valence-corrected chi connectivity index (χ1v) is 28.1. The van der Waals surface area contributed by atoms with Gasteiger partial charge in [-0.1, -0.05) is 188 Å². The van der Waals surface area contributed by atoms with Gasteiger partial charge >= 0.3 is 0 Å². The molecule has 0 spiro atoms. The fraction of sp³-hybridized carbons (Fsp3) is 0. The number of hydrogen-bond donors (Lipinski definition) is 0. The highest BCUT2D eigenvalue weighted by Crippen LogP contribution is 2.44. The highest BCUT2D eigenvalue weighted by molar-refractivity contribution is 6.17. The van der Waals surface area contributed by atoms with E-state index < -0.39 is 0 Å². The van der Waals surface area contributed by atoms with Gasteiger partial charge in [-0.3, -0.25) is 0 Å². The third-order valence-corrected chi connectivity index (χ3v) is 17.0. The van der Waals surface area contributed by atoms with Gasteiger partial charge in [0.05, 0.1) is 33.1 Å². The minimum absolute atomic E-state index is 0.869. The van der Waals surface area contributed by atoms with Crippen molar-refractivity contribution in [3.8, 4) is 72.7 Å². The van der Waals surface area contributed by atoms with Gasteiger partial charge in [0.15, 0.2) is 0 Å². The molecule has 0 aliphatic heterocycles. The van der Waals surface area contributed by atoms with Crippen LogP contribution in [-0.2, 0) is 0 Å². The first kappa shape index (κ1) is 46.0. The fourth-order valence-electron chi connectivity index (χ4n) is 13.2. The van der Waals surface area contributed by atoms with Crippen molar-refractivity contribution in [3.63, 3.8) is 0 Å². The third kappa shape index (κ3) is 7.25. The maximum absolute atomic E-state index is 6.70. The van der Waals surface area contributed by atoms with Crippen molar-refractivity contribution in [2.45, 2.75) is 0 Å². The van der Waals surface area contributed by atoms with Gasteiger partial charge in [0.2, 0.25) is 0 Å². The summed E-state index contributed by atoms with van der Waals surface area (Å²) in [6, 6.07) is 108. The van der Waals surface area contributed by atoms with Crippen molar-refractivity contribution in [2.75, 3.05) is 0 Å². The van der Waals surface area contributed by atoms with Crippen molar-refractivity contribution in [1.29, 1.82) is 0 Å². The zero-order valence-electron chi connectivity index (χ0n) is 44.5. The van der Waals surface area contributed by atoms with Crippen LogP contribution < -0.4 is 0 Å². The number of benzene rings is 13. The minimum Gasteiger partial charge on any atom is -0.456 e. The van der Waals surface area contributed by atoms with Crippen LogP contribution >= 0.6 is 0 Å². The van der Waals surface area contributed by atoms with E-state index in [-0.39, 0.29) is 0 Å². The molecule has 4 nitrogen and oxygen atoms in total. The summed E-state index contributed by atoms with van der Waals surface area (Å²) in [6.07, 6.45) is 0. The van der Waals surface area contributed by atoms with Crippen LogP contribution in [0.4, 0.5) is 0 Å². The van der Waals surface area contributed by atoms with Gasteiger partial charge in [-0.15, -0.1) is 0 Å². The number of nitrogens with zero attached hydrogens (tertiary/aromatic N) is 3. The Hall–Kier alpha value is -10.9. The van der Waals surface area contributed by atoms with E-state index >= 15 is 0 Å². The second-order valence-corrected chi connectivity index (χ2v) is 21.6. The Bertz CT molecular complexity index is 5390. The summed E-state index contributed by atoms with van der Waals surface area (Å²) in [5.74, 6) is 0. The van der Waals surface area contributed by atoms with Crippen LogP contribution in [-0.4, -0.2) is 13.7 Å². The Morgan fingerprint density at radius 3 is 1.21 bits per heavy atom. The standard InChI is InChI=1S/C78H49N3O/c1-4-17-50(18-5-1)52-21-14-25-60(43-52)80-71-31-13-11-28-64(71)66-48-58(36-41-72(66)80)62-29-16-32-77-78(62)69-47-56(37-42-76(69)82-77)54-34-39-73-67(45-54)68-46-55(35-40-74(68)79(73)59-23-8-3-9-24-59)57-33-38-65-63-27-10-12-30-70(63)81(75(65)49-57)61-26-15-22-53(44-61)51-19-6-2-7-20-51/h1-49H. The molecular weight excluding hydrogens is 995 g/mol. The average Bonchev–Trinajstić information content (AvgIpc) is 3.47. The molecule has 17 aromatic rings. The van der Waals surface area contributed by atoms with E-state index in [1.807, 2.05) is 0 Å². The third-order valence-electron chi connectivity index (χ3n) is 17.0. The maximum Gasteiger partial charge on any atom is 0.136 e. The van der Waals surface area contributed by atoms with Gasteiger partial charge in [-0.05, 0) is 165 Å². The normalized spacial score (nSPS) is 11.9. The molecule has 0 saturated heterocycles. The lowest BCUT2D eigenvalue weighted by atomic mass is 9.96. The van der Waals surface area contributed by atoms with Gasteiger partial charge in [-0.25, -0.2) is 0 Å². The van der Waals surface area contributed by atoms with Crippen LogP contribution in [0.1, 0.15) is 0 Å². The number of rotatable bonds is 8. The van der Waals surface area contributed by atoms with Crippen molar-refractivity contribution < 1.29 is 4.42 Å². The number of hydrogen-bond acceptors (Lipinski definition) is 1. The Morgan fingerprint density at radius 1 is 0.195 bits per heavy atom. The summed E-state index contributed by atoms with van der Waals surface area (Å²) < 4.78 is 13.9. The molecular formula is C78H49N3O. The smallest absolute Gasteiger partial charge is 0.136 e. The van der Waals surface area contributed by atoms with Crippen LogP contribution in [0.15, 0.2) is 302 Å². The van der Waals surface area contributed by atoms with E-state index in [9.17, 15) is 0 Å². The second-order valence-electron chi connectivity index (χ2n) is 21.6. The molecule has 13 aromatic carbocycles. The summed E-state index contributed by atoms with van der Waals surface area (Å²) in [5, 5.41) is 9.51. The Labute approximate surface area is 472 Å². The molecule has 0 fully saturated rings. The van der Waals surface area contributed by atoms with E-state index in [0.29, 0.717) is 0 Å². The number of furan rings is 1. The molecule has 0 aliphatic carbocycles. The molecule has 4 heteroatoms. The van der Waals surface area contributed by atoms with E-state index in [2.05, 4.69) is 311 Å². The van der Waals surface area contributed by atoms with Gasteiger partial charge < -0.3 is 18.1 Å². The first-order valence-electron chi connectivity index (χ1n) is 28.1. The molecule has 17 rings (SSSR count). The zero-order valence-corrected chi connectivity index (χ0v) is 44.5. The molecule has 0 radical (unpaired) electrons. The lowest BCUT2D eigenvalue weighted by Gasteiger charge is -2.11. The summed E-state index contributed by atoms with van der Waals surface area (Å²) in [5.41, 5.74) is 23.9. The van der Waals surface area contributed by atoms with E-state index in [1.165, 1.54) is 87.8 Å². The van der Waals surface area contributed by atoms with Crippen molar-refractivity contribution in [3.05, 3.63) is 297 Å². The monoisotopic (exact) mass is 1040 g/mol. The molecule has 4 heterocycles. The fourth-order valence-corrected chi connectivity index (χ4v) is 13.2. The van der Waals surface area contributed by atoms with Crippen molar-refractivity contribution in [1.82, 2.24) is 13.7 Å². The van der Waals surface area contributed by atoms with Crippen LogP contribution in [0.3, 0.4) is 0 Å². The van der Waals surface area contributed by atoms with Gasteiger partial charge in [0.1, 0.15) is 11.2 Å². The highest BCUT2D eigenvalue weighted by atomic mass is 16.3. The van der Waals surface area contributed by atoms with Crippen LogP contribution in [0.25, 0.3) is 160 Å². The zero-order chi connectivity index (χ0) is 53.8. The maximum atomic E-state index is 6.70. The molecule has 82 heavy (non-hydrogen) atoms. The minimum atomic E-state index is 0.869. The Balaban J connectivity index is 0.795. The van der Waals surface area contributed by atoms with Crippen LogP contribution in [0.5, 0.6) is 0 Å². The first-order chi connectivity index (χ1) is 40.6. The lowest BCUT2D eigenvalue weighted by Crippen LogP contribution is -1.94. The van der Waals surface area contributed by atoms with Crippen molar-refractivity contribution >= 4 is 87.4 Å².